The van der Waals surface area contributed by atoms with Crippen LogP contribution in [0.25, 0.3) is 0 Å². The van der Waals surface area contributed by atoms with Gasteiger partial charge in [-0.25, -0.2) is 0 Å². The maximum atomic E-state index is 13.1. The highest BCUT2D eigenvalue weighted by molar-refractivity contribution is 5.80. The molecule has 4 aliphatic carbocycles. The molecule has 0 aromatic carbocycles. The molecular formula is C48H96N4O4. The molecule has 3 fully saturated rings. The Labute approximate surface area is 347 Å². The molecule has 332 valence electrons. The van der Waals surface area contributed by atoms with Crippen LogP contribution in [0.15, 0.2) is 11.6 Å². The van der Waals surface area contributed by atoms with Gasteiger partial charge in [-0.15, -0.1) is 0 Å². The lowest BCUT2D eigenvalue weighted by Crippen LogP contribution is -2.52. The highest BCUT2D eigenvalue weighted by Crippen LogP contribution is 2.67. The smallest absolute Gasteiger partial charge is 0.223 e. The average molecular weight is 793 g/mol. The fourth-order valence-electron chi connectivity index (χ4n) is 10.2. The number of aliphatic hydroxyl groups excluding tert-OH is 1. The van der Waals surface area contributed by atoms with Crippen LogP contribution in [-0.4, -0.2) is 62.0 Å². The lowest BCUT2D eigenvalue weighted by atomic mass is 9.47. The monoisotopic (exact) mass is 793 g/mol. The number of carbonyl (C=O) groups is 3. The van der Waals surface area contributed by atoms with Crippen LogP contribution in [0.1, 0.15) is 193 Å². The molecule has 0 spiro atoms. The van der Waals surface area contributed by atoms with Gasteiger partial charge in [0.2, 0.25) is 11.8 Å². The Bertz CT molecular complexity index is 1080. The predicted molar refractivity (Wildman–Crippen MR) is 242 cm³/mol. The molecule has 0 aromatic rings. The van der Waals surface area contributed by atoms with Gasteiger partial charge in [0.1, 0.15) is 6.29 Å². The van der Waals surface area contributed by atoms with Crippen LogP contribution in [0.4, 0.5) is 0 Å². The number of hydrogen-bond donors (Lipinski definition) is 5. The van der Waals surface area contributed by atoms with E-state index in [4.69, 9.17) is 0 Å². The van der Waals surface area contributed by atoms with Crippen LogP contribution < -0.4 is 21.7 Å². The highest BCUT2D eigenvalue weighted by atomic mass is 16.3. The number of unbranched alkanes of at least 4 members (excludes halogenated alkanes) is 2. The van der Waals surface area contributed by atoms with E-state index in [1.54, 1.807) is 12.6 Å². The van der Waals surface area contributed by atoms with Crippen molar-refractivity contribution in [1.82, 2.24) is 16.0 Å². The van der Waals surface area contributed by atoms with Crippen LogP contribution >= 0.6 is 0 Å². The van der Waals surface area contributed by atoms with Crippen LogP contribution in [0.2, 0.25) is 0 Å². The number of nitrogens with two attached hydrogens (primary N) is 1. The maximum Gasteiger partial charge on any atom is 0.223 e. The molecule has 3 saturated carbocycles. The molecule has 0 radical (unpaired) electrons. The largest absolute Gasteiger partial charge is 0.396 e. The molecule has 8 unspecified atom stereocenters. The van der Waals surface area contributed by atoms with E-state index >= 15 is 0 Å². The second-order valence-electron chi connectivity index (χ2n) is 17.6. The SMILES string of the molecule is CC.CC.CC.CC(C)CCCCC1CCC2C3CC=C4CC(C(=O)NC(C)(C)CCO)CCC4(C)C3CCC12C.CN.CNC(C=O)CCCCNC(C)=O. The Hall–Kier alpha value is -1.77. The van der Waals surface area contributed by atoms with Crippen molar-refractivity contribution in [3.05, 3.63) is 11.6 Å². The molecule has 0 aliphatic heterocycles. The van der Waals surface area contributed by atoms with E-state index in [1.165, 1.54) is 78.2 Å². The molecule has 8 nitrogen and oxygen atoms in total. The summed E-state index contributed by atoms with van der Waals surface area (Å²) >= 11 is 0. The van der Waals surface area contributed by atoms with Crippen molar-refractivity contribution in [1.29, 1.82) is 0 Å². The number of amides is 2. The summed E-state index contributed by atoms with van der Waals surface area (Å²) < 4.78 is 0. The second kappa shape index (κ2) is 30.3. The zero-order valence-corrected chi connectivity index (χ0v) is 39.7. The third kappa shape index (κ3) is 17.6. The van der Waals surface area contributed by atoms with E-state index in [2.05, 4.69) is 55.5 Å². The molecule has 0 heterocycles. The minimum atomic E-state index is -0.333. The van der Waals surface area contributed by atoms with E-state index in [9.17, 15) is 19.5 Å². The Kier molecular flexibility index (Phi) is 30.5. The number of aldehydes is 1. The third-order valence-corrected chi connectivity index (χ3v) is 13.3. The van der Waals surface area contributed by atoms with Gasteiger partial charge in [-0.3, -0.25) is 9.59 Å². The van der Waals surface area contributed by atoms with Crippen molar-refractivity contribution < 1.29 is 19.5 Å². The number of carbonyl (C=O) groups excluding carboxylic acids is 3. The summed E-state index contributed by atoms with van der Waals surface area (Å²) in [5.74, 6) is 4.66. The van der Waals surface area contributed by atoms with Gasteiger partial charge in [-0.1, -0.05) is 100 Å². The summed E-state index contributed by atoms with van der Waals surface area (Å²) in [6, 6.07) is -0.0441. The minimum Gasteiger partial charge on any atom is -0.396 e. The molecule has 0 bridgehead atoms. The van der Waals surface area contributed by atoms with Crippen LogP contribution in [-0.2, 0) is 14.4 Å². The summed E-state index contributed by atoms with van der Waals surface area (Å²) in [5.41, 5.74) is 6.63. The summed E-state index contributed by atoms with van der Waals surface area (Å²) in [7, 11) is 3.27. The molecule has 0 aromatic heterocycles. The first-order valence-electron chi connectivity index (χ1n) is 23.3. The molecule has 0 saturated heterocycles. The molecule has 4 aliphatic rings. The fraction of sp³-hybridized carbons (Fsp3) is 0.896. The van der Waals surface area contributed by atoms with Crippen LogP contribution in [0, 0.1) is 46.3 Å². The Morgan fingerprint density at radius 2 is 1.55 bits per heavy atom. The minimum absolute atomic E-state index is 0.000513. The maximum absolute atomic E-state index is 13.1. The molecule has 56 heavy (non-hydrogen) atoms. The molecule has 2 amide bonds. The Morgan fingerprint density at radius 1 is 0.929 bits per heavy atom. The van der Waals surface area contributed by atoms with E-state index in [1.807, 2.05) is 55.4 Å². The number of nitrogens with one attached hydrogen (secondary N) is 3. The average Bonchev–Trinajstić information content (AvgIpc) is 3.53. The molecule has 8 atom stereocenters. The molecule has 4 rings (SSSR count). The van der Waals surface area contributed by atoms with Gasteiger partial charge in [-0.05, 0) is 152 Å². The first-order chi connectivity index (χ1) is 26.7. The first kappa shape index (κ1) is 56.3. The van der Waals surface area contributed by atoms with Crippen molar-refractivity contribution in [3.63, 3.8) is 0 Å². The van der Waals surface area contributed by atoms with Crippen molar-refractivity contribution in [2.24, 2.45) is 52.1 Å². The van der Waals surface area contributed by atoms with E-state index < -0.39 is 0 Å². The van der Waals surface area contributed by atoms with E-state index in [0.717, 1.165) is 68.0 Å². The second-order valence-corrected chi connectivity index (χ2v) is 17.6. The van der Waals surface area contributed by atoms with Crippen molar-refractivity contribution in [2.75, 3.05) is 27.2 Å². The number of allylic oxidation sites excluding steroid dienone is 2. The van der Waals surface area contributed by atoms with Gasteiger partial charge in [-0.2, -0.15) is 0 Å². The lowest BCUT2D eigenvalue weighted by molar-refractivity contribution is -0.128. The summed E-state index contributed by atoms with van der Waals surface area (Å²) in [6.07, 6.45) is 22.6. The van der Waals surface area contributed by atoms with Crippen molar-refractivity contribution in [2.45, 2.75) is 204 Å². The third-order valence-electron chi connectivity index (χ3n) is 13.3. The van der Waals surface area contributed by atoms with Crippen molar-refractivity contribution >= 4 is 18.1 Å². The fourth-order valence-corrected chi connectivity index (χ4v) is 10.2. The zero-order chi connectivity index (χ0) is 43.5. The van der Waals surface area contributed by atoms with Crippen LogP contribution in [0.3, 0.4) is 0 Å². The van der Waals surface area contributed by atoms with Gasteiger partial charge < -0.3 is 31.6 Å². The van der Waals surface area contributed by atoms with Gasteiger partial charge in [0.25, 0.3) is 0 Å². The quantitative estimate of drug-likeness (QED) is 0.0600. The van der Waals surface area contributed by atoms with E-state index in [0.29, 0.717) is 23.8 Å². The molecular weight excluding hydrogens is 697 g/mol. The topological polar surface area (TPSA) is 134 Å². The van der Waals surface area contributed by atoms with Crippen molar-refractivity contribution in [3.8, 4) is 0 Å². The number of hydrogen-bond acceptors (Lipinski definition) is 6. The molecule has 8 heteroatoms. The predicted octanol–water partition coefficient (Wildman–Crippen LogP) is 10.4. The summed E-state index contributed by atoms with van der Waals surface area (Å²) in [5, 5.41) is 18.2. The van der Waals surface area contributed by atoms with E-state index in [-0.39, 0.29) is 35.9 Å². The summed E-state index contributed by atoms with van der Waals surface area (Å²) in [4.78, 5) is 34.0. The number of fused-ring (bicyclic) bond motifs is 5. The van der Waals surface area contributed by atoms with Crippen LogP contribution in [0.5, 0.6) is 0 Å². The normalized spacial score (nSPS) is 27.6. The number of rotatable bonds is 16. The van der Waals surface area contributed by atoms with Gasteiger partial charge in [0.05, 0.1) is 6.04 Å². The highest BCUT2D eigenvalue weighted by Gasteiger charge is 2.58. The Balaban J connectivity index is 0. The van der Waals surface area contributed by atoms with Gasteiger partial charge in [0, 0.05) is 31.5 Å². The first-order valence-corrected chi connectivity index (χ1v) is 23.3. The number of aliphatic hydroxyl groups is 1. The van der Waals surface area contributed by atoms with Gasteiger partial charge >= 0.3 is 0 Å². The molecule has 6 N–H and O–H groups in total. The number of likely N-dealkylation sites (N-methyl/N-ethyl adjacent to an activating group) is 1. The zero-order valence-electron chi connectivity index (χ0n) is 39.7. The summed E-state index contributed by atoms with van der Waals surface area (Å²) in [6.45, 7) is 28.3. The van der Waals surface area contributed by atoms with Gasteiger partial charge in [0.15, 0.2) is 0 Å². The lowest BCUT2D eigenvalue weighted by Gasteiger charge is -2.58. The standard InChI is InChI=1S/C32H55NO2.C9H18N2O2.3C2H6.CH5N/c1-22(2)9-7-8-10-24-12-14-27-26-13-11-25-21-23(29(35)33-30(3,4)19-20-34)15-17-32(25,6)28(26)16-18-31(24,27)5;1-8(13)11-6-4-3-5-9(7-12)10-2;4*1-2/h11,22-24,26-28,34H,7-10,12-21H2,1-6H3,(H,33,35);7,9-10H,3-6H2,1-2H3,(H,11,13);3*1-2H3;2H2,1H3. The Morgan fingerprint density at radius 3 is 2.11 bits per heavy atom.